The summed E-state index contributed by atoms with van der Waals surface area (Å²) in [5.74, 6) is 0.863. The van der Waals surface area contributed by atoms with Gasteiger partial charge in [-0.25, -0.2) is 4.68 Å². The van der Waals surface area contributed by atoms with Crippen molar-refractivity contribution in [2.75, 3.05) is 0 Å². The molecule has 1 fully saturated rings. The number of aromatic nitrogens is 5. The quantitative estimate of drug-likeness (QED) is 0.457. The van der Waals surface area contributed by atoms with Crippen LogP contribution in [0.25, 0.3) is 10.9 Å². The molecule has 1 aliphatic rings. The number of pyridine rings is 1. The molecule has 5 rings (SSSR count). The molecule has 33 heavy (non-hydrogen) atoms. The number of fused-ring (bicyclic) bond motifs is 1. The van der Waals surface area contributed by atoms with Crippen LogP contribution < -0.4 is 5.56 Å². The Balaban J connectivity index is 1.47. The van der Waals surface area contributed by atoms with Crippen molar-refractivity contribution in [1.82, 2.24) is 30.1 Å². The molecule has 170 valence electrons. The van der Waals surface area contributed by atoms with Gasteiger partial charge >= 0.3 is 0 Å². The van der Waals surface area contributed by atoms with Crippen LogP contribution in [0.15, 0.2) is 53.3 Å². The number of aryl methyl sites for hydroxylation is 2. The standard InChI is InChI=1S/C26H30N6O/c1-18-12-19(2)25-21(13-18)14-22(26(33)27-25)16-31(15-20-8-4-3-5-9-20)17-24-28-29-30-32(24)23-10-6-7-11-23/h3-5,8-9,12-14,23H,6-7,10-11,15-17H2,1-2H3,(H,27,33). The smallest absolute Gasteiger partial charge is 0.252 e. The molecular weight excluding hydrogens is 412 g/mol. The van der Waals surface area contributed by atoms with Gasteiger partial charge in [-0.2, -0.15) is 0 Å². The lowest BCUT2D eigenvalue weighted by Gasteiger charge is -2.23. The van der Waals surface area contributed by atoms with E-state index in [1.807, 2.05) is 35.9 Å². The minimum atomic E-state index is -0.0390. The number of rotatable bonds is 7. The molecule has 4 aromatic rings. The van der Waals surface area contributed by atoms with E-state index in [9.17, 15) is 4.79 Å². The molecule has 0 unspecified atom stereocenters. The van der Waals surface area contributed by atoms with E-state index in [0.717, 1.165) is 40.7 Å². The van der Waals surface area contributed by atoms with E-state index in [-0.39, 0.29) is 5.56 Å². The number of tetrazole rings is 1. The van der Waals surface area contributed by atoms with Gasteiger partial charge in [-0.15, -0.1) is 5.10 Å². The molecule has 1 aliphatic carbocycles. The first-order chi connectivity index (χ1) is 16.1. The predicted molar refractivity (Wildman–Crippen MR) is 129 cm³/mol. The second-order valence-corrected chi connectivity index (χ2v) is 9.28. The molecule has 0 atom stereocenters. The fourth-order valence-corrected chi connectivity index (χ4v) is 5.05. The number of H-pyrrole nitrogens is 1. The Labute approximate surface area is 193 Å². The summed E-state index contributed by atoms with van der Waals surface area (Å²) in [7, 11) is 0. The first-order valence-corrected chi connectivity index (χ1v) is 11.7. The van der Waals surface area contributed by atoms with E-state index in [2.05, 4.69) is 56.6 Å². The van der Waals surface area contributed by atoms with Crippen molar-refractivity contribution < 1.29 is 0 Å². The lowest BCUT2D eigenvalue weighted by atomic mass is 10.0. The Morgan fingerprint density at radius 1 is 1.03 bits per heavy atom. The first-order valence-electron chi connectivity index (χ1n) is 11.7. The monoisotopic (exact) mass is 442 g/mol. The van der Waals surface area contributed by atoms with Gasteiger partial charge < -0.3 is 4.98 Å². The van der Waals surface area contributed by atoms with Crippen molar-refractivity contribution in [3.63, 3.8) is 0 Å². The number of aromatic amines is 1. The molecule has 0 bridgehead atoms. The average molecular weight is 443 g/mol. The number of benzene rings is 2. The Kier molecular flexibility index (Phi) is 6.05. The molecule has 0 aliphatic heterocycles. The summed E-state index contributed by atoms with van der Waals surface area (Å²) in [4.78, 5) is 18.4. The summed E-state index contributed by atoms with van der Waals surface area (Å²) in [6, 6.07) is 17.0. The van der Waals surface area contributed by atoms with E-state index in [1.54, 1.807) is 0 Å². The molecule has 0 saturated heterocycles. The summed E-state index contributed by atoms with van der Waals surface area (Å²) in [6.45, 7) is 5.94. The summed E-state index contributed by atoms with van der Waals surface area (Å²) < 4.78 is 2.00. The molecule has 7 nitrogen and oxygen atoms in total. The number of nitrogens with one attached hydrogen (secondary N) is 1. The maximum Gasteiger partial charge on any atom is 0.252 e. The molecule has 2 heterocycles. The molecule has 0 spiro atoms. The third kappa shape index (κ3) is 4.73. The van der Waals surface area contributed by atoms with Crippen LogP contribution in [0.2, 0.25) is 0 Å². The maximum absolute atomic E-state index is 13.0. The lowest BCUT2D eigenvalue weighted by molar-refractivity contribution is 0.231. The van der Waals surface area contributed by atoms with Crippen molar-refractivity contribution in [2.45, 2.75) is 65.2 Å². The van der Waals surface area contributed by atoms with Gasteiger partial charge in [-0.3, -0.25) is 9.69 Å². The fourth-order valence-electron chi connectivity index (χ4n) is 5.05. The van der Waals surface area contributed by atoms with Crippen molar-refractivity contribution in [3.05, 3.63) is 87.0 Å². The third-order valence-electron chi connectivity index (χ3n) is 6.61. The van der Waals surface area contributed by atoms with Crippen LogP contribution in [0, 0.1) is 13.8 Å². The maximum atomic E-state index is 13.0. The Morgan fingerprint density at radius 2 is 1.82 bits per heavy atom. The summed E-state index contributed by atoms with van der Waals surface area (Å²) >= 11 is 0. The number of nitrogens with zero attached hydrogens (tertiary/aromatic N) is 5. The second kappa shape index (κ2) is 9.27. The van der Waals surface area contributed by atoms with Crippen LogP contribution in [0.5, 0.6) is 0 Å². The highest BCUT2D eigenvalue weighted by Crippen LogP contribution is 2.29. The van der Waals surface area contributed by atoms with Gasteiger partial charge in [-0.05, 0) is 65.8 Å². The van der Waals surface area contributed by atoms with Crippen LogP contribution in [-0.4, -0.2) is 30.1 Å². The minimum Gasteiger partial charge on any atom is -0.321 e. The average Bonchev–Trinajstić information content (AvgIpc) is 3.47. The highest BCUT2D eigenvalue weighted by molar-refractivity contribution is 5.82. The van der Waals surface area contributed by atoms with Crippen molar-refractivity contribution in [1.29, 1.82) is 0 Å². The van der Waals surface area contributed by atoms with E-state index >= 15 is 0 Å². The third-order valence-corrected chi connectivity index (χ3v) is 6.61. The van der Waals surface area contributed by atoms with E-state index < -0.39 is 0 Å². The minimum absolute atomic E-state index is 0.0390. The fraction of sp³-hybridized carbons (Fsp3) is 0.385. The topological polar surface area (TPSA) is 79.7 Å². The van der Waals surface area contributed by atoms with Crippen LogP contribution in [-0.2, 0) is 19.6 Å². The van der Waals surface area contributed by atoms with Crippen LogP contribution in [0.4, 0.5) is 0 Å². The van der Waals surface area contributed by atoms with Crippen molar-refractivity contribution in [2.24, 2.45) is 0 Å². The molecule has 1 saturated carbocycles. The molecular formula is C26H30N6O. The van der Waals surface area contributed by atoms with E-state index in [4.69, 9.17) is 0 Å². The molecule has 7 heteroatoms. The highest BCUT2D eigenvalue weighted by atomic mass is 16.1. The SMILES string of the molecule is Cc1cc(C)c2[nH]c(=O)c(CN(Cc3ccccc3)Cc3nnnn3C3CCCC3)cc2c1. The van der Waals surface area contributed by atoms with Gasteiger partial charge in [-0.1, -0.05) is 54.8 Å². The van der Waals surface area contributed by atoms with E-state index in [1.165, 1.54) is 24.0 Å². The molecule has 0 amide bonds. The van der Waals surface area contributed by atoms with Crippen LogP contribution >= 0.6 is 0 Å². The van der Waals surface area contributed by atoms with Gasteiger partial charge in [0.05, 0.1) is 18.1 Å². The largest absolute Gasteiger partial charge is 0.321 e. The van der Waals surface area contributed by atoms with Crippen LogP contribution in [0.3, 0.4) is 0 Å². The zero-order valence-corrected chi connectivity index (χ0v) is 19.3. The predicted octanol–water partition coefficient (Wildman–Crippen LogP) is 4.45. The van der Waals surface area contributed by atoms with E-state index in [0.29, 0.717) is 25.7 Å². The molecule has 2 aromatic heterocycles. The lowest BCUT2D eigenvalue weighted by Crippen LogP contribution is -2.28. The Morgan fingerprint density at radius 3 is 2.61 bits per heavy atom. The van der Waals surface area contributed by atoms with Gasteiger partial charge in [0.25, 0.3) is 5.56 Å². The molecule has 1 N–H and O–H groups in total. The normalized spacial score (nSPS) is 14.5. The zero-order chi connectivity index (χ0) is 22.8. The summed E-state index contributed by atoms with van der Waals surface area (Å²) in [5.41, 5.74) is 5.10. The van der Waals surface area contributed by atoms with Gasteiger partial charge in [0.1, 0.15) is 0 Å². The highest BCUT2D eigenvalue weighted by Gasteiger charge is 2.23. The van der Waals surface area contributed by atoms with Crippen LogP contribution in [0.1, 0.15) is 59.8 Å². The van der Waals surface area contributed by atoms with Gasteiger partial charge in [0, 0.05) is 18.7 Å². The Bertz CT molecular complexity index is 1300. The van der Waals surface area contributed by atoms with Crippen molar-refractivity contribution in [3.8, 4) is 0 Å². The van der Waals surface area contributed by atoms with Gasteiger partial charge in [0.15, 0.2) is 5.82 Å². The number of hydrogen-bond acceptors (Lipinski definition) is 5. The Hall–Kier alpha value is -3.32. The number of hydrogen-bond donors (Lipinski definition) is 1. The second-order valence-electron chi connectivity index (χ2n) is 9.28. The van der Waals surface area contributed by atoms with Gasteiger partial charge in [0.2, 0.25) is 0 Å². The summed E-state index contributed by atoms with van der Waals surface area (Å²) in [5, 5.41) is 13.7. The molecule has 0 radical (unpaired) electrons. The zero-order valence-electron chi connectivity index (χ0n) is 19.3. The van der Waals surface area contributed by atoms with Crippen molar-refractivity contribution >= 4 is 10.9 Å². The first kappa shape index (κ1) is 21.5. The summed E-state index contributed by atoms with van der Waals surface area (Å²) in [6.07, 6.45) is 4.70. The molecule has 2 aromatic carbocycles.